The molecule has 170 valence electrons. The molecule has 3 heterocycles. The van der Waals surface area contributed by atoms with Gasteiger partial charge in [-0.05, 0) is 43.3 Å². The Balaban J connectivity index is 1.75. The van der Waals surface area contributed by atoms with Crippen molar-refractivity contribution in [2.75, 3.05) is 14.2 Å². The van der Waals surface area contributed by atoms with Crippen LogP contribution in [0.2, 0.25) is 0 Å². The lowest BCUT2D eigenvalue weighted by Crippen LogP contribution is -2.27. The largest absolute Gasteiger partial charge is 0.493 e. The van der Waals surface area contributed by atoms with Crippen LogP contribution >= 0.6 is 11.3 Å². The van der Waals surface area contributed by atoms with Crippen LogP contribution in [0.15, 0.2) is 64.3 Å². The molecule has 10 heteroatoms. The van der Waals surface area contributed by atoms with Gasteiger partial charge in [0, 0.05) is 17.3 Å². The van der Waals surface area contributed by atoms with Crippen molar-refractivity contribution in [3.05, 3.63) is 91.2 Å². The Morgan fingerprint density at radius 3 is 2.47 bits per heavy atom. The molecule has 0 aliphatic rings. The maximum Gasteiger partial charge on any atom is 0.295 e. The van der Waals surface area contributed by atoms with Gasteiger partial charge in [0.1, 0.15) is 11.4 Å². The molecule has 0 amide bonds. The van der Waals surface area contributed by atoms with Crippen LogP contribution < -0.4 is 25.1 Å². The molecule has 0 radical (unpaired) electrons. The fraction of sp³-hybridized carbons (Fsp3) is 0.125. The molecule has 0 fully saturated rings. The second kappa shape index (κ2) is 8.56. The minimum atomic E-state index is -0.448. The van der Waals surface area contributed by atoms with Gasteiger partial charge in [-0.25, -0.2) is 4.68 Å². The van der Waals surface area contributed by atoms with Gasteiger partial charge in [0.15, 0.2) is 11.5 Å². The Hall–Kier alpha value is -4.31. The van der Waals surface area contributed by atoms with E-state index >= 15 is 0 Å². The summed E-state index contributed by atoms with van der Waals surface area (Å²) in [5.41, 5.74) is 2.38. The SMILES string of the molecule is COc1ccc(-c2nn(-c3ccccc3)cc2/C=c2\sc3nc(=O)c(C)nn3c2=O)cc1OC. The Labute approximate surface area is 197 Å². The summed E-state index contributed by atoms with van der Waals surface area (Å²) in [6, 6.07) is 15.2. The fourth-order valence-electron chi connectivity index (χ4n) is 3.54. The number of fused-ring (bicyclic) bond motifs is 1. The van der Waals surface area contributed by atoms with Crippen LogP contribution in [-0.2, 0) is 0 Å². The van der Waals surface area contributed by atoms with Crippen LogP contribution in [0.3, 0.4) is 0 Å². The number of hydrogen-bond acceptors (Lipinski definition) is 8. The third-order valence-electron chi connectivity index (χ3n) is 5.25. The van der Waals surface area contributed by atoms with E-state index in [4.69, 9.17) is 14.6 Å². The van der Waals surface area contributed by atoms with E-state index in [1.807, 2.05) is 48.7 Å². The van der Waals surface area contributed by atoms with Gasteiger partial charge in [-0.3, -0.25) is 9.59 Å². The minimum Gasteiger partial charge on any atom is -0.493 e. The number of thiazole rings is 1. The number of benzene rings is 2. The van der Waals surface area contributed by atoms with Crippen molar-refractivity contribution in [3.8, 4) is 28.4 Å². The van der Waals surface area contributed by atoms with Crippen molar-refractivity contribution in [1.82, 2.24) is 24.4 Å². The molecule has 0 atom stereocenters. The zero-order valence-corrected chi connectivity index (χ0v) is 19.4. The van der Waals surface area contributed by atoms with E-state index in [0.29, 0.717) is 27.3 Å². The number of para-hydroxylation sites is 1. The molecule has 9 nitrogen and oxygen atoms in total. The van der Waals surface area contributed by atoms with Gasteiger partial charge >= 0.3 is 0 Å². The maximum absolute atomic E-state index is 13.0. The Kier molecular flexibility index (Phi) is 5.42. The van der Waals surface area contributed by atoms with E-state index in [0.717, 1.165) is 27.1 Å². The first-order valence-electron chi connectivity index (χ1n) is 10.3. The van der Waals surface area contributed by atoms with Crippen molar-refractivity contribution in [2.24, 2.45) is 0 Å². The highest BCUT2D eigenvalue weighted by Crippen LogP contribution is 2.33. The van der Waals surface area contributed by atoms with E-state index in [1.54, 1.807) is 31.0 Å². The number of hydrogen-bond donors (Lipinski definition) is 0. The predicted molar refractivity (Wildman–Crippen MR) is 129 cm³/mol. The van der Waals surface area contributed by atoms with Crippen LogP contribution in [0, 0.1) is 6.92 Å². The fourth-order valence-corrected chi connectivity index (χ4v) is 4.44. The second-order valence-corrected chi connectivity index (χ2v) is 8.40. The highest BCUT2D eigenvalue weighted by Gasteiger charge is 2.15. The molecule has 5 aromatic rings. The number of nitrogens with zero attached hydrogens (tertiary/aromatic N) is 5. The molecule has 0 spiro atoms. The Bertz CT molecular complexity index is 1690. The third kappa shape index (κ3) is 3.73. The molecule has 0 aliphatic heterocycles. The summed E-state index contributed by atoms with van der Waals surface area (Å²) >= 11 is 1.10. The molecular weight excluding hydrogens is 454 g/mol. The minimum absolute atomic E-state index is 0.168. The molecule has 2 aromatic carbocycles. The smallest absolute Gasteiger partial charge is 0.295 e. The van der Waals surface area contributed by atoms with E-state index in [9.17, 15) is 9.59 Å². The van der Waals surface area contributed by atoms with Crippen LogP contribution in [0.4, 0.5) is 0 Å². The number of aryl methyl sites for hydroxylation is 1. The van der Waals surface area contributed by atoms with E-state index in [2.05, 4.69) is 10.1 Å². The van der Waals surface area contributed by atoms with Crippen LogP contribution in [0.1, 0.15) is 11.3 Å². The zero-order valence-electron chi connectivity index (χ0n) is 18.6. The maximum atomic E-state index is 13.0. The van der Waals surface area contributed by atoms with E-state index < -0.39 is 5.56 Å². The summed E-state index contributed by atoms with van der Waals surface area (Å²) in [6.07, 6.45) is 3.59. The summed E-state index contributed by atoms with van der Waals surface area (Å²) in [5, 5.41) is 8.87. The average Bonchev–Trinajstić information content (AvgIpc) is 3.41. The molecule has 0 bridgehead atoms. The van der Waals surface area contributed by atoms with E-state index in [1.165, 1.54) is 6.92 Å². The molecule has 34 heavy (non-hydrogen) atoms. The molecule has 0 unspecified atom stereocenters. The van der Waals surface area contributed by atoms with Gasteiger partial charge in [0.05, 0.1) is 24.4 Å². The first-order chi connectivity index (χ1) is 16.5. The van der Waals surface area contributed by atoms with Crippen molar-refractivity contribution < 1.29 is 9.47 Å². The van der Waals surface area contributed by atoms with Crippen molar-refractivity contribution >= 4 is 22.4 Å². The lowest BCUT2D eigenvalue weighted by molar-refractivity contribution is 0.355. The number of methoxy groups -OCH3 is 2. The normalized spacial score (nSPS) is 11.8. The standard InChI is InChI=1S/C24H19N5O4S/c1-14-22(30)25-24-29(26-14)23(31)20(34-24)12-16-13-28(17-7-5-4-6-8-17)27-21(16)15-9-10-18(32-2)19(11-15)33-3/h4-13H,1-3H3/b20-12-. The number of rotatable bonds is 5. The number of ether oxygens (including phenoxy) is 2. The molecule has 0 N–H and O–H groups in total. The summed E-state index contributed by atoms with van der Waals surface area (Å²) in [5.74, 6) is 1.16. The molecule has 3 aromatic heterocycles. The van der Waals surface area contributed by atoms with Gasteiger partial charge < -0.3 is 9.47 Å². The quantitative estimate of drug-likeness (QED) is 0.386. The van der Waals surface area contributed by atoms with Crippen molar-refractivity contribution in [2.45, 2.75) is 6.92 Å². The lowest BCUT2D eigenvalue weighted by Gasteiger charge is -2.09. The van der Waals surface area contributed by atoms with Crippen LogP contribution in [0.25, 0.3) is 28.0 Å². The third-order valence-corrected chi connectivity index (χ3v) is 6.21. The van der Waals surface area contributed by atoms with Gasteiger partial charge in [-0.1, -0.05) is 29.5 Å². The topological polar surface area (TPSA) is 101 Å². The lowest BCUT2D eigenvalue weighted by atomic mass is 10.1. The second-order valence-electron chi connectivity index (χ2n) is 7.40. The first kappa shape index (κ1) is 21.5. The van der Waals surface area contributed by atoms with Gasteiger partial charge in [0.25, 0.3) is 11.1 Å². The highest BCUT2D eigenvalue weighted by atomic mass is 32.1. The Morgan fingerprint density at radius 2 is 1.74 bits per heavy atom. The predicted octanol–water partition coefficient (Wildman–Crippen LogP) is 2.24. The summed E-state index contributed by atoms with van der Waals surface area (Å²) in [4.78, 5) is 29.1. The van der Waals surface area contributed by atoms with Crippen molar-refractivity contribution in [3.63, 3.8) is 0 Å². The summed E-state index contributed by atoms with van der Waals surface area (Å²) < 4.78 is 14.1. The van der Waals surface area contributed by atoms with Gasteiger partial charge in [0.2, 0.25) is 4.96 Å². The van der Waals surface area contributed by atoms with Crippen LogP contribution in [0.5, 0.6) is 11.5 Å². The monoisotopic (exact) mass is 473 g/mol. The molecule has 5 rings (SSSR count). The van der Waals surface area contributed by atoms with Crippen LogP contribution in [-0.4, -0.2) is 38.6 Å². The average molecular weight is 474 g/mol. The van der Waals surface area contributed by atoms with Gasteiger partial charge in [-0.2, -0.15) is 19.7 Å². The molecular formula is C24H19N5O4S. The van der Waals surface area contributed by atoms with Gasteiger partial charge in [-0.15, -0.1) is 0 Å². The Morgan fingerprint density at radius 1 is 0.971 bits per heavy atom. The first-order valence-corrected chi connectivity index (χ1v) is 11.1. The highest BCUT2D eigenvalue weighted by molar-refractivity contribution is 7.15. The summed E-state index contributed by atoms with van der Waals surface area (Å²) in [6.45, 7) is 1.53. The molecule has 0 saturated carbocycles. The number of aromatic nitrogens is 5. The summed E-state index contributed by atoms with van der Waals surface area (Å²) in [7, 11) is 3.15. The van der Waals surface area contributed by atoms with Crippen molar-refractivity contribution in [1.29, 1.82) is 0 Å². The zero-order chi connectivity index (χ0) is 23.8. The molecule has 0 aliphatic carbocycles. The molecule has 0 saturated heterocycles. The van der Waals surface area contributed by atoms with E-state index in [-0.39, 0.29) is 16.2 Å².